The summed E-state index contributed by atoms with van der Waals surface area (Å²) in [6.45, 7) is 8.86. The van der Waals surface area contributed by atoms with Crippen molar-refractivity contribution in [2.45, 2.75) is 53.0 Å². The van der Waals surface area contributed by atoms with E-state index in [-0.39, 0.29) is 0 Å². The third kappa shape index (κ3) is 4.31. The van der Waals surface area contributed by atoms with E-state index < -0.39 is 0 Å². The van der Waals surface area contributed by atoms with E-state index >= 15 is 0 Å². The Morgan fingerprint density at radius 3 is 2.71 bits per heavy atom. The highest BCUT2D eigenvalue weighted by Gasteiger charge is 2.17. The highest BCUT2D eigenvalue weighted by atomic mass is 15.3. The topological polar surface area (TPSA) is 29.9 Å². The van der Waals surface area contributed by atoms with Crippen molar-refractivity contribution in [1.29, 1.82) is 0 Å². The molecule has 116 valence electrons. The minimum absolute atomic E-state index is 0.361. The third-order valence-electron chi connectivity index (χ3n) is 4.19. The second-order valence-corrected chi connectivity index (χ2v) is 6.81. The Morgan fingerprint density at radius 1 is 1.19 bits per heavy atom. The zero-order valence-corrected chi connectivity index (χ0v) is 13.9. The number of rotatable bonds is 8. The van der Waals surface area contributed by atoms with Gasteiger partial charge in [0.15, 0.2) is 0 Å². The van der Waals surface area contributed by atoms with Crippen molar-refractivity contribution in [3.05, 3.63) is 30.0 Å². The van der Waals surface area contributed by atoms with Gasteiger partial charge < -0.3 is 5.32 Å². The maximum absolute atomic E-state index is 4.64. The van der Waals surface area contributed by atoms with Gasteiger partial charge >= 0.3 is 0 Å². The van der Waals surface area contributed by atoms with E-state index in [2.05, 4.69) is 55.5 Å². The molecule has 0 saturated heterocycles. The quantitative estimate of drug-likeness (QED) is 0.735. The van der Waals surface area contributed by atoms with Crippen molar-refractivity contribution in [3.8, 4) is 0 Å². The Hall–Kier alpha value is -1.35. The van der Waals surface area contributed by atoms with Crippen LogP contribution < -0.4 is 5.32 Å². The Labute approximate surface area is 128 Å². The van der Waals surface area contributed by atoms with Gasteiger partial charge in [0.05, 0.1) is 11.2 Å². The summed E-state index contributed by atoms with van der Waals surface area (Å²) in [6.07, 6.45) is 5.26. The lowest BCUT2D eigenvalue weighted by atomic mass is 9.87. The fourth-order valence-corrected chi connectivity index (χ4v) is 2.88. The number of unbranched alkanes of at least 4 members (excludes halogenated alkanes) is 2. The van der Waals surface area contributed by atoms with E-state index in [4.69, 9.17) is 0 Å². The van der Waals surface area contributed by atoms with Crippen molar-refractivity contribution in [3.63, 3.8) is 0 Å². The predicted molar refractivity (Wildman–Crippen MR) is 90.3 cm³/mol. The number of hydrogen-bond donors (Lipinski definition) is 1. The molecule has 2 rings (SSSR count). The Morgan fingerprint density at radius 2 is 1.95 bits per heavy atom. The molecule has 1 heterocycles. The van der Waals surface area contributed by atoms with Gasteiger partial charge in [0.2, 0.25) is 0 Å². The van der Waals surface area contributed by atoms with Crippen molar-refractivity contribution < 1.29 is 0 Å². The lowest BCUT2D eigenvalue weighted by molar-refractivity contribution is 0.301. The van der Waals surface area contributed by atoms with Crippen LogP contribution in [0, 0.1) is 5.41 Å². The molecule has 3 nitrogen and oxygen atoms in total. The third-order valence-corrected chi connectivity index (χ3v) is 4.19. The van der Waals surface area contributed by atoms with Gasteiger partial charge in [0, 0.05) is 25.5 Å². The highest BCUT2D eigenvalue weighted by molar-refractivity contribution is 5.81. The molecule has 0 amide bonds. The van der Waals surface area contributed by atoms with Crippen LogP contribution in [0.2, 0.25) is 0 Å². The molecule has 1 aromatic carbocycles. The minimum atomic E-state index is 0.361. The normalized spacial score (nSPS) is 12.2. The summed E-state index contributed by atoms with van der Waals surface area (Å²) in [5.74, 6) is 0. The second-order valence-electron chi connectivity index (χ2n) is 6.81. The largest absolute Gasteiger partial charge is 0.311 e. The molecule has 2 aromatic rings. The summed E-state index contributed by atoms with van der Waals surface area (Å²) in [4.78, 5) is 0. The molecule has 0 aliphatic heterocycles. The summed E-state index contributed by atoms with van der Waals surface area (Å²) >= 11 is 0. The molecule has 0 atom stereocenters. The molecule has 0 fully saturated rings. The van der Waals surface area contributed by atoms with Gasteiger partial charge in [-0.25, -0.2) is 0 Å². The summed E-state index contributed by atoms with van der Waals surface area (Å²) in [6, 6.07) is 8.44. The second kappa shape index (κ2) is 7.08. The number of para-hydroxylation sites is 1. The van der Waals surface area contributed by atoms with Crippen LogP contribution in [0.15, 0.2) is 24.3 Å². The Balaban J connectivity index is 1.90. The number of hydrogen-bond acceptors (Lipinski definition) is 2. The van der Waals surface area contributed by atoms with Gasteiger partial charge in [-0.1, -0.05) is 58.2 Å². The van der Waals surface area contributed by atoms with Crippen LogP contribution in [0.3, 0.4) is 0 Å². The molecule has 0 aliphatic carbocycles. The smallest absolute Gasteiger partial charge is 0.0841 e. The lowest BCUT2D eigenvalue weighted by Gasteiger charge is -2.24. The fourth-order valence-electron chi connectivity index (χ4n) is 2.88. The molecule has 0 spiro atoms. The van der Waals surface area contributed by atoms with E-state index in [0.717, 1.165) is 18.8 Å². The molecule has 0 saturated carbocycles. The first-order chi connectivity index (χ1) is 10.0. The molecule has 0 aliphatic rings. The van der Waals surface area contributed by atoms with Crippen LogP contribution in [0.1, 0.15) is 52.1 Å². The first-order valence-corrected chi connectivity index (χ1v) is 8.15. The van der Waals surface area contributed by atoms with Crippen LogP contribution in [0.5, 0.6) is 0 Å². The lowest BCUT2D eigenvalue weighted by Crippen LogP contribution is -2.29. The van der Waals surface area contributed by atoms with Gasteiger partial charge in [-0.05, 0) is 17.9 Å². The zero-order chi connectivity index (χ0) is 15.3. The first-order valence-electron chi connectivity index (χ1n) is 8.15. The van der Waals surface area contributed by atoms with Gasteiger partial charge in [-0.3, -0.25) is 4.68 Å². The summed E-state index contributed by atoms with van der Waals surface area (Å²) in [5, 5.41) is 9.50. The van der Waals surface area contributed by atoms with E-state index in [1.54, 1.807) is 0 Å². The molecule has 0 radical (unpaired) electrons. The maximum atomic E-state index is 4.64. The van der Waals surface area contributed by atoms with Crippen LogP contribution in [0.25, 0.3) is 10.9 Å². The first kappa shape index (κ1) is 16.0. The van der Waals surface area contributed by atoms with Crippen molar-refractivity contribution in [2.75, 3.05) is 6.54 Å². The van der Waals surface area contributed by atoms with E-state index in [1.807, 2.05) is 11.7 Å². The highest BCUT2D eigenvalue weighted by Crippen LogP contribution is 2.23. The van der Waals surface area contributed by atoms with Crippen LogP contribution in [0.4, 0.5) is 0 Å². The molecule has 1 N–H and O–H groups in total. The number of aryl methyl sites for hydroxylation is 1. The summed E-state index contributed by atoms with van der Waals surface area (Å²) in [5.41, 5.74) is 2.72. The average molecular weight is 287 g/mol. The van der Waals surface area contributed by atoms with Crippen LogP contribution >= 0.6 is 0 Å². The molecule has 1 aromatic heterocycles. The molecule has 3 heteroatoms. The number of benzene rings is 1. The average Bonchev–Trinajstić information content (AvgIpc) is 2.76. The minimum Gasteiger partial charge on any atom is -0.311 e. The van der Waals surface area contributed by atoms with Gasteiger partial charge in [0.1, 0.15) is 0 Å². The van der Waals surface area contributed by atoms with Crippen LogP contribution in [-0.4, -0.2) is 16.3 Å². The summed E-state index contributed by atoms with van der Waals surface area (Å²) < 4.78 is 1.97. The number of nitrogens with one attached hydrogen (secondary N) is 1. The van der Waals surface area contributed by atoms with E-state index in [9.17, 15) is 0 Å². The Bertz CT molecular complexity index is 569. The molecule has 21 heavy (non-hydrogen) atoms. The van der Waals surface area contributed by atoms with Gasteiger partial charge in [-0.2, -0.15) is 5.10 Å². The van der Waals surface area contributed by atoms with Crippen LogP contribution in [-0.2, 0) is 13.6 Å². The number of fused-ring (bicyclic) bond motifs is 1. The fraction of sp³-hybridized carbons (Fsp3) is 0.611. The molecular formula is C18H29N3. The molecule has 0 bridgehead atoms. The summed E-state index contributed by atoms with van der Waals surface area (Å²) in [7, 11) is 2.01. The zero-order valence-electron chi connectivity index (χ0n) is 13.9. The number of nitrogens with zero attached hydrogens (tertiary/aromatic N) is 2. The van der Waals surface area contributed by atoms with Gasteiger partial charge in [-0.15, -0.1) is 0 Å². The molecular weight excluding hydrogens is 258 g/mol. The standard InChI is InChI=1S/C18H29N3/c1-5-6-9-12-18(2,3)14-19-13-16-15-10-7-8-11-17(15)21(4)20-16/h7-8,10-11,19H,5-6,9,12-14H2,1-4H3. The van der Waals surface area contributed by atoms with Crippen molar-refractivity contribution in [1.82, 2.24) is 15.1 Å². The van der Waals surface area contributed by atoms with Crippen molar-refractivity contribution in [2.24, 2.45) is 12.5 Å². The monoisotopic (exact) mass is 287 g/mol. The molecule has 0 unspecified atom stereocenters. The van der Waals surface area contributed by atoms with E-state index in [1.165, 1.54) is 36.6 Å². The number of aromatic nitrogens is 2. The van der Waals surface area contributed by atoms with E-state index in [0.29, 0.717) is 5.41 Å². The Kier molecular flexibility index (Phi) is 5.40. The SMILES string of the molecule is CCCCCC(C)(C)CNCc1nn(C)c2ccccc12. The van der Waals surface area contributed by atoms with Crippen molar-refractivity contribution >= 4 is 10.9 Å². The predicted octanol–water partition coefficient (Wildman–Crippen LogP) is 4.27. The van der Waals surface area contributed by atoms with Gasteiger partial charge in [0.25, 0.3) is 0 Å². The maximum Gasteiger partial charge on any atom is 0.0841 e.